The van der Waals surface area contributed by atoms with Gasteiger partial charge in [0.25, 0.3) is 0 Å². The van der Waals surface area contributed by atoms with Crippen LogP contribution in [0.4, 0.5) is 5.69 Å². The number of carbonyl (C=O) groups is 1. The molecule has 0 aliphatic heterocycles. The molecule has 1 aromatic rings. The molecule has 1 aromatic carbocycles. The molecule has 3 nitrogen and oxygen atoms in total. The normalized spacial score (nSPS) is 23.5. The second-order valence-corrected chi connectivity index (χ2v) is 5.21. The first-order valence-corrected chi connectivity index (χ1v) is 6.76. The molecule has 0 radical (unpaired) electrons. The number of anilines is 1. The molecule has 18 heavy (non-hydrogen) atoms. The third kappa shape index (κ3) is 3.10. The summed E-state index contributed by atoms with van der Waals surface area (Å²) in [5.41, 5.74) is 2.14. The van der Waals surface area contributed by atoms with E-state index in [1.54, 1.807) is 0 Å². The summed E-state index contributed by atoms with van der Waals surface area (Å²) in [6, 6.07) is 8.45. The Balaban J connectivity index is 1.93. The van der Waals surface area contributed by atoms with Crippen molar-refractivity contribution in [2.75, 3.05) is 11.9 Å². The van der Waals surface area contributed by atoms with E-state index < -0.39 is 0 Å². The summed E-state index contributed by atoms with van der Waals surface area (Å²) in [6.45, 7) is 7.32. The fourth-order valence-electron chi connectivity index (χ4n) is 2.20. The summed E-state index contributed by atoms with van der Waals surface area (Å²) in [7, 11) is 0. The maximum atomic E-state index is 11.8. The van der Waals surface area contributed by atoms with Gasteiger partial charge in [0.05, 0.1) is 0 Å². The second kappa shape index (κ2) is 5.53. The van der Waals surface area contributed by atoms with E-state index in [0.717, 1.165) is 18.7 Å². The van der Waals surface area contributed by atoms with Gasteiger partial charge >= 0.3 is 0 Å². The fourth-order valence-corrected chi connectivity index (χ4v) is 2.20. The Morgan fingerprint density at radius 2 is 2.00 bits per heavy atom. The maximum absolute atomic E-state index is 11.8. The van der Waals surface area contributed by atoms with Crippen molar-refractivity contribution in [3.8, 4) is 0 Å². The summed E-state index contributed by atoms with van der Waals surface area (Å²) in [4.78, 5) is 11.8. The van der Waals surface area contributed by atoms with Crippen LogP contribution in [0, 0.1) is 11.8 Å². The monoisotopic (exact) mass is 246 g/mol. The largest absolute Gasteiger partial charge is 0.326 e. The lowest BCUT2D eigenvalue weighted by molar-refractivity contribution is -0.117. The Labute approximate surface area is 109 Å². The molecule has 0 saturated heterocycles. The minimum atomic E-state index is 0.162. The number of rotatable bonds is 5. The van der Waals surface area contributed by atoms with Gasteiger partial charge in [-0.3, -0.25) is 4.79 Å². The zero-order chi connectivity index (χ0) is 13.1. The molecule has 1 aliphatic carbocycles. The van der Waals surface area contributed by atoms with E-state index in [4.69, 9.17) is 0 Å². The zero-order valence-corrected chi connectivity index (χ0v) is 11.4. The van der Waals surface area contributed by atoms with Crippen molar-refractivity contribution in [3.63, 3.8) is 0 Å². The Hall–Kier alpha value is -1.35. The molecule has 3 heteroatoms. The number of nitrogens with one attached hydrogen (secondary N) is 2. The van der Waals surface area contributed by atoms with Gasteiger partial charge in [-0.2, -0.15) is 0 Å². The van der Waals surface area contributed by atoms with Crippen LogP contribution in [0.5, 0.6) is 0 Å². The van der Waals surface area contributed by atoms with Crippen molar-refractivity contribution in [1.82, 2.24) is 5.32 Å². The van der Waals surface area contributed by atoms with E-state index >= 15 is 0 Å². The van der Waals surface area contributed by atoms with Gasteiger partial charge in [-0.05, 0) is 43.5 Å². The van der Waals surface area contributed by atoms with E-state index in [9.17, 15) is 4.79 Å². The van der Waals surface area contributed by atoms with Crippen LogP contribution in [0.1, 0.15) is 38.8 Å². The van der Waals surface area contributed by atoms with Crippen molar-refractivity contribution in [2.24, 2.45) is 11.8 Å². The van der Waals surface area contributed by atoms with Crippen molar-refractivity contribution >= 4 is 11.6 Å². The van der Waals surface area contributed by atoms with Crippen LogP contribution in [-0.4, -0.2) is 12.5 Å². The van der Waals surface area contributed by atoms with Gasteiger partial charge in [0.15, 0.2) is 0 Å². The van der Waals surface area contributed by atoms with Crippen LogP contribution in [-0.2, 0) is 4.79 Å². The lowest BCUT2D eigenvalue weighted by Crippen LogP contribution is -2.18. The van der Waals surface area contributed by atoms with Gasteiger partial charge in [0.1, 0.15) is 0 Å². The molecule has 1 aliphatic rings. The van der Waals surface area contributed by atoms with Gasteiger partial charge in [-0.25, -0.2) is 0 Å². The molecule has 98 valence electrons. The van der Waals surface area contributed by atoms with E-state index in [2.05, 4.69) is 43.5 Å². The molecule has 3 atom stereocenters. The summed E-state index contributed by atoms with van der Waals surface area (Å²) in [6.07, 6.45) is 1.03. The molecular formula is C15H22N2O. The van der Waals surface area contributed by atoms with Crippen molar-refractivity contribution in [3.05, 3.63) is 29.8 Å². The van der Waals surface area contributed by atoms with Crippen molar-refractivity contribution in [2.45, 2.75) is 33.2 Å². The van der Waals surface area contributed by atoms with E-state index in [1.807, 2.05) is 12.1 Å². The SMILES string of the molecule is CCNC(C)c1ccc(NC(=O)C2CC2C)cc1. The van der Waals surface area contributed by atoms with Gasteiger partial charge in [-0.15, -0.1) is 0 Å². The van der Waals surface area contributed by atoms with Gasteiger partial charge in [0.2, 0.25) is 5.91 Å². The molecule has 0 aromatic heterocycles. The van der Waals surface area contributed by atoms with E-state index in [1.165, 1.54) is 5.56 Å². The average molecular weight is 246 g/mol. The van der Waals surface area contributed by atoms with Gasteiger partial charge < -0.3 is 10.6 Å². The molecule has 0 heterocycles. The molecule has 2 N–H and O–H groups in total. The fraction of sp³-hybridized carbons (Fsp3) is 0.533. The molecule has 1 fully saturated rings. The Morgan fingerprint density at radius 3 is 2.50 bits per heavy atom. The predicted octanol–water partition coefficient (Wildman–Crippen LogP) is 2.95. The number of amides is 1. The van der Waals surface area contributed by atoms with Crippen LogP contribution < -0.4 is 10.6 Å². The first kappa shape index (κ1) is 13.1. The molecule has 3 unspecified atom stereocenters. The van der Waals surface area contributed by atoms with Crippen LogP contribution >= 0.6 is 0 Å². The number of hydrogen-bond acceptors (Lipinski definition) is 2. The lowest BCUT2D eigenvalue weighted by atomic mass is 10.1. The molecule has 1 saturated carbocycles. The summed E-state index contributed by atoms with van der Waals surface area (Å²) in [5, 5.41) is 6.34. The quantitative estimate of drug-likeness (QED) is 0.838. The third-order valence-corrected chi connectivity index (χ3v) is 3.63. The standard InChI is InChI=1S/C15H22N2O/c1-4-16-11(3)12-5-7-13(8-6-12)17-15(18)14-9-10(14)2/h5-8,10-11,14,16H,4,9H2,1-3H3,(H,17,18). The zero-order valence-electron chi connectivity index (χ0n) is 11.4. The summed E-state index contributed by atoms with van der Waals surface area (Å²) in [5.74, 6) is 0.943. The highest BCUT2D eigenvalue weighted by Crippen LogP contribution is 2.38. The smallest absolute Gasteiger partial charge is 0.227 e. The topological polar surface area (TPSA) is 41.1 Å². The van der Waals surface area contributed by atoms with Crippen LogP contribution in [0.15, 0.2) is 24.3 Å². The number of hydrogen-bond donors (Lipinski definition) is 2. The van der Waals surface area contributed by atoms with Crippen LogP contribution in [0.25, 0.3) is 0 Å². The summed E-state index contributed by atoms with van der Waals surface area (Å²) < 4.78 is 0. The molecule has 0 bridgehead atoms. The Bertz CT molecular complexity index is 413. The van der Waals surface area contributed by atoms with E-state index in [-0.39, 0.29) is 11.8 Å². The van der Waals surface area contributed by atoms with Crippen molar-refractivity contribution < 1.29 is 4.79 Å². The highest BCUT2D eigenvalue weighted by Gasteiger charge is 2.38. The third-order valence-electron chi connectivity index (χ3n) is 3.63. The maximum Gasteiger partial charge on any atom is 0.227 e. The summed E-state index contributed by atoms with van der Waals surface area (Å²) >= 11 is 0. The van der Waals surface area contributed by atoms with Crippen molar-refractivity contribution in [1.29, 1.82) is 0 Å². The van der Waals surface area contributed by atoms with Gasteiger partial charge in [-0.1, -0.05) is 26.0 Å². The van der Waals surface area contributed by atoms with Gasteiger partial charge in [0, 0.05) is 17.6 Å². The molecular weight excluding hydrogens is 224 g/mol. The second-order valence-electron chi connectivity index (χ2n) is 5.21. The van der Waals surface area contributed by atoms with Crippen LogP contribution in [0.2, 0.25) is 0 Å². The Kier molecular flexibility index (Phi) is 4.02. The van der Waals surface area contributed by atoms with E-state index in [0.29, 0.717) is 12.0 Å². The predicted molar refractivity (Wildman–Crippen MR) is 74.4 cm³/mol. The van der Waals surface area contributed by atoms with Crippen LogP contribution in [0.3, 0.4) is 0 Å². The lowest BCUT2D eigenvalue weighted by Gasteiger charge is -2.13. The first-order valence-electron chi connectivity index (χ1n) is 6.76. The highest BCUT2D eigenvalue weighted by atomic mass is 16.2. The Morgan fingerprint density at radius 1 is 1.39 bits per heavy atom. The number of benzene rings is 1. The molecule has 2 rings (SSSR count). The molecule has 0 spiro atoms. The minimum Gasteiger partial charge on any atom is -0.326 e. The number of carbonyl (C=O) groups excluding carboxylic acids is 1. The average Bonchev–Trinajstić information content (AvgIpc) is 3.08. The molecule has 1 amide bonds. The minimum absolute atomic E-state index is 0.162. The first-order chi connectivity index (χ1) is 8.61. The highest BCUT2D eigenvalue weighted by molar-refractivity contribution is 5.94.